The van der Waals surface area contributed by atoms with Crippen molar-refractivity contribution >= 4 is 47.2 Å². The molecule has 0 aliphatic carbocycles. The quantitative estimate of drug-likeness (QED) is 0.236. The Balaban J connectivity index is 0.00000364. The molecule has 0 aliphatic heterocycles. The summed E-state index contributed by atoms with van der Waals surface area (Å²) in [5.74, 6) is 0.660. The first-order valence-electron chi connectivity index (χ1n) is 8.72. The number of rotatable bonds is 7. The number of nitrogens with one attached hydrogen (secondary N) is 3. The van der Waals surface area contributed by atoms with Crippen molar-refractivity contribution in [2.24, 2.45) is 4.99 Å². The van der Waals surface area contributed by atoms with Crippen molar-refractivity contribution in [3.8, 4) is 0 Å². The molecule has 1 aromatic heterocycles. The molecule has 0 atom stereocenters. The van der Waals surface area contributed by atoms with Crippen molar-refractivity contribution in [1.82, 2.24) is 20.9 Å². The number of thiazole rings is 1. The number of carbonyl (C=O) groups is 1. The number of carbonyl (C=O) groups excluding carboxylic acids is 1. The Morgan fingerprint density at radius 1 is 1.11 bits per heavy atom. The van der Waals surface area contributed by atoms with E-state index in [1.807, 2.05) is 38.1 Å². The van der Waals surface area contributed by atoms with Gasteiger partial charge < -0.3 is 16.0 Å². The van der Waals surface area contributed by atoms with Crippen molar-refractivity contribution in [3.05, 3.63) is 51.0 Å². The molecule has 8 heteroatoms. The first-order chi connectivity index (χ1) is 12.5. The number of aryl methyl sites for hydroxylation is 3. The number of halogens is 1. The van der Waals surface area contributed by atoms with E-state index >= 15 is 0 Å². The van der Waals surface area contributed by atoms with E-state index in [1.54, 1.807) is 18.4 Å². The van der Waals surface area contributed by atoms with Crippen LogP contribution in [-0.4, -0.2) is 43.5 Å². The van der Waals surface area contributed by atoms with Crippen molar-refractivity contribution in [2.75, 3.05) is 26.7 Å². The van der Waals surface area contributed by atoms with Crippen LogP contribution in [0.25, 0.3) is 0 Å². The fraction of sp³-hybridized carbons (Fsp3) is 0.421. The van der Waals surface area contributed by atoms with Crippen LogP contribution in [0.2, 0.25) is 0 Å². The summed E-state index contributed by atoms with van der Waals surface area (Å²) in [4.78, 5) is 22.1. The second-order valence-electron chi connectivity index (χ2n) is 6.05. The molecular formula is C19H28IN5OS. The number of aromatic nitrogens is 1. The molecule has 2 aromatic rings. The molecule has 0 bridgehead atoms. The zero-order chi connectivity index (χ0) is 18.9. The van der Waals surface area contributed by atoms with Gasteiger partial charge in [0, 0.05) is 43.5 Å². The van der Waals surface area contributed by atoms with Crippen LogP contribution < -0.4 is 16.0 Å². The molecule has 1 aromatic carbocycles. The first-order valence-corrected chi connectivity index (χ1v) is 9.53. The minimum absolute atomic E-state index is 0. The fourth-order valence-electron chi connectivity index (χ4n) is 2.40. The van der Waals surface area contributed by atoms with Crippen LogP contribution in [0.3, 0.4) is 0 Å². The Morgan fingerprint density at radius 3 is 2.44 bits per heavy atom. The maximum absolute atomic E-state index is 12.1. The summed E-state index contributed by atoms with van der Waals surface area (Å²) in [6.45, 7) is 8.00. The predicted molar refractivity (Wildman–Crippen MR) is 124 cm³/mol. The summed E-state index contributed by atoms with van der Waals surface area (Å²) < 4.78 is 0. The van der Waals surface area contributed by atoms with Crippen LogP contribution in [0.1, 0.15) is 31.5 Å². The number of amides is 1. The molecule has 0 fully saturated rings. The summed E-state index contributed by atoms with van der Waals surface area (Å²) in [5, 5.41) is 10.5. The number of benzene rings is 1. The Kier molecular flexibility index (Phi) is 10.3. The van der Waals surface area contributed by atoms with E-state index in [1.165, 1.54) is 4.88 Å². The van der Waals surface area contributed by atoms with Gasteiger partial charge in [-0.25, -0.2) is 4.98 Å². The van der Waals surface area contributed by atoms with E-state index in [2.05, 4.69) is 32.9 Å². The molecule has 2 rings (SSSR count). The van der Waals surface area contributed by atoms with Gasteiger partial charge in [-0.15, -0.1) is 35.3 Å². The third-order valence-corrected chi connectivity index (χ3v) is 5.04. The number of guanidine groups is 1. The van der Waals surface area contributed by atoms with Gasteiger partial charge in [0.15, 0.2) is 5.96 Å². The zero-order valence-corrected chi connectivity index (χ0v) is 19.4. The Morgan fingerprint density at radius 2 is 1.81 bits per heavy atom. The Labute approximate surface area is 182 Å². The van der Waals surface area contributed by atoms with Gasteiger partial charge in [-0.3, -0.25) is 9.79 Å². The molecule has 3 N–H and O–H groups in total. The molecule has 1 amide bonds. The molecular weight excluding hydrogens is 473 g/mol. The lowest BCUT2D eigenvalue weighted by Crippen LogP contribution is -2.42. The normalized spacial score (nSPS) is 10.9. The fourth-order valence-corrected chi connectivity index (χ4v) is 3.33. The Hall–Kier alpha value is -1.68. The molecule has 0 saturated heterocycles. The summed E-state index contributed by atoms with van der Waals surface area (Å²) in [6.07, 6.45) is 0.865. The molecule has 27 heavy (non-hydrogen) atoms. The van der Waals surface area contributed by atoms with Crippen LogP contribution in [-0.2, 0) is 6.42 Å². The number of aliphatic imine (C=N–C) groups is 1. The lowest BCUT2D eigenvalue weighted by Gasteiger charge is -2.12. The highest BCUT2D eigenvalue weighted by Crippen LogP contribution is 2.16. The molecule has 0 spiro atoms. The molecule has 0 aliphatic rings. The van der Waals surface area contributed by atoms with Gasteiger partial charge in [0.2, 0.25) is 0 Å². The highest BCUT2D eigenvalue weighted by atomic mass is 127. The van der Waals surface area contributed by atoms with Gasteiger partial charge in [0.05, 0.1) is 10.7 Å². The highest BCUT2D eigenvalue weighted by Gasteiger charge is 2.06. The van der Waals surface area contributed by atoms with Gasteiger partial charge in [-0.05, 0) is 32.9 Å². The van der Waals surface area contributed by atoms with E-state index in [9.17, 15) is 4.79 Å². The van der Waals surface area contributed by atoms with E-state index in [-0.39, 0.29) is 29.9 Å². The Bertz CT molecular complexity index is 756. The van der Waals surface area contributed by atoms with Crippen LogP contribution in [0.15, 0.2) is 29.3 Å². The van der Waals surface area contributed by atoms with Crippen LogP contribution in [0.4, 0.5) is 0 Å². The molecule has 0 saturated carbocycles. The summed E-state index contributed by atoms with van der Waals surface area (Å²) >= 11 is 1.74. The highest BCUT2D eigenvalue weighted by molar-refractivity contribution is 14.0. The third kappa shape index (κ3) is 7.84. The minimum Gasteiger partial charge on any atom is -0.356 e. The average Bonchev–Trinajstić information content (AvgIpc) is 2.94. The molecule has 1 heterocycles. The first kappa shape index (κ1) is 23.4. The minimum atomic E-state index is -0.0621. The second kappa shape index (κ2) is 11.9. The lowest BCUT2D eigenvalue weighted by atomic mass is 10.1. The zero-order valence-electron chi connectivity index (χ0n) is 16.3. The summed E-state index contributed by atoms with van der Waals surface area (Å²) in [6, 6.07) is 7.56. The van der Waals surface area contributed by atoms with E-state index in [0.717, 1.165) is 35.2 Å². The topological polar surface area (TPSA) is 78.4 Å². The molecule has 148 valence electrons. The van der Waals surface area contributed by atoms with Gasteiger partial charge in [0.1, 0.15) is 0 Å². The predicted octanol–water partition coefficient (Wildman–Crippen LogP) is 2.82. The van der Waals surface area contributed by atoms with Crippen LogP contribution in [0.5, 0.6) is 0 Å². The second-order valence-corrected chi connectivity index (χ2v) is 7.34. The maximum Gasteiger partial charge on any atom is 0.251 e. The smallest absolute Gasteiger partial charge is 0.251 e. The number of nitrogens with zero attached hydrogens (tertiary/aromatic N) is 2. The van der Waals surface area contributed by atoms with Gasteiger partial charge in [0.25, 0.3) is 5.91 Å². The van der Waals surface area contributed by atoms with E-state index in [0.29, 0.717) is 18.7 Å². The van der Waals surface area contributed by atoms with Crippen molar-refractivity contribution in [3.63, 3.8) is 0 Å². The van der Waals surface area contributed by atoms with Gasteiger partial charge >= 0.3 is 0 Å². The van der Waals surface area contributed by atoms with Crippen LogP contribution >= 0.6 is 35.3 Å². The standard InChI is InChI=1S/C19H27N5OS.HI/c1-13-6-5-7-16(12-13)18(25)21-10-11-23-19(20-4)22-9-8-17-24-14(2)15(3)26-17;/h5-7,12H,8-11H2,1-4H3,(H,21,25)(H2,20,22,23);1H. The lowest BCUT2D eigenvalue weighted by molar-refractivity contribution is 0.0954. The maximum atomic E-state index is 12.1. The van der Waals surface area contributed by atoms with E-state index in [4.69, 9.17) is 0 Å². The SMILES string of the molecule is CN=C(NCCNC(=O)c1cccc(C)c1)NCCc1nc(C)c(C)s1.I. The third-order valence-electron chi connectivity index (χ3n) is 3.91. The average molecular weight is 501 g/mol. The largest absolute Gasteiger partial charge is 0.356 e. The van der Waals surface area contributed by atoms with Gasteiger partial charge in [-0.1, -0.05) is 17.7 Å². The monoisotopic (exact) mass is 501 g/mol. The number of hydrogen-bond acceptors (Lipinski definition) is 4. The van der Waals surface area contributed by atoms with Crippen molar-refractivity contribution in [2.45, 2.75) is 27.2 Å². The van der Waals surface area contributed by atoms with E-state index < -0.39 is 0 Å². The summed E-state index contributed by atoms with van der Waals surface area (Å²) in [5.41, 5.74) is 2.87. The van der Waals surface area contributed by atoms with Crippen molar-refractivity contribution < 1.29 is 4.79 Å². The molecule has 6 nitrogen and oxygen atoms in total. The number of hydrogen-bond donors (Lipinski definition) is 3. The molecule has 0 radical (unpaired) electrons. The van der Waals surface area contributed by atoms with Gasteiger partial charge in [-0.2, -0.15) is 0 Å². The molecule has 0 unspecified atom stereocenters. The van der Waals surface area contributed by atoms with Crippen molar-refractivity contribution in [1.29, 1.82) is 0 Å². The summed E-state index contributed by atoms with van der Waals surface area (Å²) in [7, 11) is 1.73. The van der Waals surface area contributed by atoms with Crippen LogP contribution in [0, 0.1) is 20.8 Å².